The molecule has 7 nitrogen and oxygen atoms in total. The molecule has 3 heterocycles. The molecule has 0 saturated carbocycles. The lowest BCUT2D eigenvalue weighted by atomic mass is 9.98. The largest absolute Gasteiger partial charge is 0.494 e. The summed E-state index contributed by atoms with van der Waals surface area (Å²) in [6.07, 6.45) is 8.00. The van der Waals surface area contributed by atoms with Gasteiger partial charge in [0.05, 0.1) is 17.9 Å². The van der Waals surface area contributed by atoms with Crippen molar-refractivity contribution in [3.05, 3.63) is 80.1 Å². The van der Waals surface area contributed by atoms with Crippen molar-refractivity contribution in [1.29, 1.82) is 0 Å². The molecule has 0 bridgehead atoms. The van der Waals surface area contributed by atoms with Crippen LogP contribution in [-0.2, 0) is 0 Å². The maximum atomic E-state index is 12.5. The number of nitrogens with zero attached hydrogens (tertiary/aromatic N) is 4. The second-order valence-electron chi connectivity index (χ2n) is 7.02. The summed E-state index contributed by atoms with van der Waals surface area (Å²) in [5, 5.41) is 17.8. The fraction of sp³-hybridized carbons (Fsp3) is 0.238. The zero-order valence-corrected chi connectivity index (χ0v) is 17.6. The van der Waals surface area contributed by atoms with Crippen LogP contribution in [0.1, 0.15) is 36.4 Å². The number of aromatic amines is 1. The van der Waals surface area contributed by atoms with Gasteiger partial charge in [0.1, 0.15) is 5.56 Å². The van der Waals surface area contributed by atoms with Crippen LogP contribution >= 0.6 is 23.8 Å². The van der Waals surface area contributed by atoms with Crippen LogP contribution in [0.25, 0.3) is 5.69 Å². The third-order valence-corrected chi connectivity index (χ3v) is 5.59. The van der Waals surface area contributed by atoms with Crippen molar-refractivity contribution in [2.75, 3.05) is 6.54 Å². The predicted molar refractivity (Wildman–Crippen MR) is 119 cm³/mol. The molecule has 2 aromatic heterocycles. The summed E-state index contributed by atoms with van der Waals surface area (Å²) in [4.78, 5) is 19.3. The first-order valence-corrected chi connectivity index (χ1v) is 10.4. The van der Waals surface area contributed by atoms with Crippen molar-refractivity contribution in [3.63, 3.8) is 0 Å². The fourth-order valence-corrected chi connectivity index (χ4v) is 4.08. The van der Waals surface area contributed by atoms with Crippen LogP contribution in [0.5, 0.6) is 5.88 Å². The normalized spacial score (nSPS) is 16.8. The number of hydrogen-bond acceptors (Lipinski definition) is 6. The highest BCUT2D eigenvalue weighted by molar-refractivity contribution is 7.71. The number of H-pyrrole nitrogens is 1. The van der Waals surface area contributed by atoms with E-state index in [0.29, 0.717) is 10.7 Å². The topological polar surface area (TPSA) is 86.5 Å². The summed E-state index contributed by atoms with van der Waals surface area (Å²) in [6.45, 7) is 0.752. The average molecular weight is 442 g/mol. The highest BCUT2D eigenvalue weighted by atomic mass is 35.5. The van der Waals surface area contributed by atoms with Crippen molar-refractivity contribution in [2.24, 2.45) is 5.10 Å². The Morgan fingerprint density at radius 2 is 2.17 bits per heavy atom. The lowest BCUT2D eigenvalue weighted by Crippen LogP contribution is -2.29. The van der Waals surface area contributed by atoms with Crippen LogP contribution in [0, 0.1) is 4.77 Å². The van der Waals surface area contributed by atoms with E-state index in [1.807, 2.05) is 23.3 Å². The third kappa shape index (κ3) is 4.15. The molecule has 0 radical (unpaired) electrons. The molecule has 1 atom stereocenters. The Hall–Kier alpha value is -2.97. The molecule has 4 rings (SSSR count). The molecule has 1 aliphatic heterocycles. The van der Waals surface area contributed by atoms with Crippen LogP contribution in [0.4, 0.5) is 0 Å². The van der Waals surface area contributed by atoms with E-state index in [1.165, 1.54) is 10.8 Å². The summed E-state index contributed by atoms with van der Waals surface area (Å²) in [6, 6.07) is 10.8. The number of nitrogens with one attached hydrogen (secondary N) is 1. The second-order valence-corrected chi connectivity index (χ2v) is 7.84. The van der Waals surface area contributed by atoms with E-state index in [2.05, 4.69) is 15.1 Å². The first kappa shape index (κ1) is 20.3. The number of aromatic nitrogens is 3. The second kappa shape index (κ2) is 8.81. The van der Waals surface area contributed by atoms with E-state index in [-0.39, 0.29) is 22.3 Å². The molecule has 1 aromatic carbocycles. The molecule has 30 heavy (non-hydrogen) atoms. The van der Waals surface area contributed by atoms with Gasteiger partial charge in [-0.1, -0.05) is 23.7 Å². The number of aromatic hydroxyl groups is 1. The van der Waals surface area contributed by atoms with Crippen LogP contribution < -0.4 is 5.56 Å². The predicted octanol–water partition coefficient (Wildman–Crippen LogP) is 4.21. The molecule has 154 valence electrons. The Labute approximate surface area is 183 Å². The summed E-state index contributed by atoms with van der Waals surface area (Å²) >= 11 is 11.3. The van der Waals surface area contributed by atoms with Crippen molar-refractivity contribution in [1.82, 2.24) is 19.5 Å². The molecule has 1 unspecified atom stereocenters. The van der Waals surface area contributed by atoms with Gasteiger partial charge in [0.2, 0.25) is 5.88 Å². The molecular formula is C21H20ClN5O2S. The molecule has 0 aliphatic carbocycles. The van der Waals surface area contributed by atoms with Crippen LogP contribution in [0.3, 0.4) is 0 Å². The molecule has 0 amide bonds. The Morgan fingerprint density at radius 1 is 1.30 bits per heavy atom. The third-order valence-electron chi connectivity index (χ3n) is 5.07. The molecule has 1 aliphatic rings. The van der Waals surface area contributed by atoms with E-state index in [9.17, 15) is 9.90 Å². The van der Waals surface area contributed by atoms with E-state index < -0.39 is 5.56 Å². The number of hydrogen-bond donors (Lipinski definition) is 2. The molecule has 9 heteroatoms. The van der Waals surface area contributed by atoms with Crippen molar-refractivity contribution < 1.29 is 5.11 Å². The van der Waals surface area contributed by atoms with Gasteiger partial charge in [-0.2, -0.15) is 5.10 Å². The zero-order valence-electron chi connectivity index (χ0n) is 16.0. The number of pyridine rings is 1. The van der Waals surface area contributed by atoms with Gasteiger partial charge in [-0.05, 0) is 61.3 Å². The Kier molecular flexibility index (Phi) is 5.96. The minimum Gasteiger partial charge on any atom is -0.494 e. The maximum absolute atomic E-state index is 12.5. The van der Waals surface area contributed by atoms with E-state index in [0.717, 1.165) is 31.4 Å². The number of halogens is 1. The minimum atomic E-state index is -0.505. The molecule has 2 N–H and O–H groups in total. The molecule has 1 fully saturated rings. The van der Waals surface area contributed by atoms with Gasteiger partial charge in [0.15, 0.2) is 4.77 Å². The van der Waals surface area contributed by atoms with Gasteiger partial charge >= 0.3 is 0 Å². The Balaban J connectivity index is 1.72. The SMILES string of the molecule is O=c1[nH]c(=S)n(-c2cccc(Cl)c2)c(O)c1C=NN1CCCCC1c1cccnc1. The first-order valence-electron chi connectivity index (χ1n) is 9.59. The van der Waals surface area contributed by atoms with Gasteiger partial charge in [-0.25, -0.2) is 0 Å². The summed E-state index contributed by atoms with van der Waals surface area (Å²) in [5.74, 6) is -0.287. The molecule has 1 saturated heterocycles. The van der Waals surface area contributed by atoms with Gasteiger partial charge in [0.25, 0.3) is 5.56 Å². The number of benzene rings is 1. The quantitative estimate of drug-likeness (QED) is 0.468. The minimum absolute atomic E-state index is 0.0269. The molecule has 3 aromatic rings. The standard InChI is InChI=1S/C21H20ClN5O2S/c22-15-6-3-7-16(11-15)27-20(29)17(19(28)25-21(27)30)13-24-26-10-2-1-8-18(26)14-5-4-9-23-12-14/h3-7,9,11-13,18,29H,1-2,8,10H2,(H,25,28,30). The maximum Gasteiger partial charge on any atom is 0.264 e. The molecular weight excluding hydrogens is 422 g/mol. The Morgan fingerprint density at radius 3 is 2.93 bits per heavy atom. The number of piperidine rings is 1. The van der Waals surface area contributed by atoms with E-state index in [1.54, 1.807) is 30.5 Å². The van der Waals surface area contributed by atoms with E-state index in [4.69, 9.17) is 23.8 Å². The summed E-state index contributed by atoms with van der Waals surface area (Å²) in [5.41, 5.74) is 1.14. The molecule has 0 spiro atoms. The summed E-state index contributed by atoms with van der Waals surface area (Å²) in [7, 11) is 0. The van der Waals surface area contributed by atoms with Crippen LogP contribution in [-0.4, -0.2) is 37.4 Å². The lowest BCUT2D eigenvalue weighted by molar-refractivity contribution is 0.156. The van der Waals surface area contributed by atoms with Crippen molar-refractivity contribution in [2.45, 2.75) is 25.3 Å². The number of rotatable bonds is 4. The van der Waals surface area contributed by atoms with Gasteiger partial charge in [-0.15, -0.1) is 0 Å². The zero-order chi connectivity index (χ0) is 21.1. The summed E-state index contributed by atoms with van der Waals surface area (Å²) < 4.78 is 1.43. The number of hydrazone groups is 1. The van der Waals surface area contributed by atoms with Gasteiger partial charge < -0.3 is 5.11 Å². The van der Waals surface area contributed by atoms with E-state index >= 15 is 0 Å². The smallest absolute Gasteiger partial charge is 0.264 e. The van der Waals surface area contributed by atoms with Gasteiger partial charge in [-0.3, -0.25) is 24.3 Å². The van der Waals surface area contributed by atoms with Crippen molar-refractivity contribution in [3.8, 4) is 11.6 Å². The Bertz CT molecular complexity index is 1190. The lowest BCUT2D eigenvalue weighted by Gasteiger charge is -2.33. The fourth-order valence-electron chi connectivity index (χ4n) is 3.61. The monoisotopic (exact) mass is 441 g/mol. The van der Waals surface area contributed by atoms with Gasteiger partial charge in [0, 0.05) is 24.0 Å². The highest BCUT2D eigenvalue weighted by Crippen LogP contribution is 2.30. The van der Waals surface area contributed by atoms with Crippen LogP contribution in [0.15, 0.2) is 58.7 Å². The van der Waals surface area contributed by atoms with Crippen molar-refractivity contribution >= 4 is 30.0 Å². The average Bonchev–Trinajstić information content (AvgIpc) is 2.74. The van der Waals surface area contributed by atoms with Crippen LogP contribution in [0.2, 0.25) is 5.02 Å². The first-order chi connectivity index (χ1) is 14.5. The highest BCUT2D eigenvalue weighted by Gasteiger charge is 2.23.